The van der Waals surface area contributed by atoms with Crippen LogP contribution in [0.25, 0.3) is 0 Å². The topological polar surface area (TPSA) is 105 Å². The molecule has 9 nitrogen and oxygen atoms in total. The fraction of sp³-hybridized carbons (Fsp3) is 0.455. The quantitative estimate of drug-likeness (QED) is 0.541. The van der Waals surface area contributed by atoms with Gasteiger partial charge < -0.3 is 14.4 Å². The highest BCUT2D eigenvalue weighted by Crippen LogP contribution is 2.33. The number of anilines is 1. The van der Waals surface area contributed by atoms with E-state index < -0.39 is 25.9 Å². The third-order valence-corrected chi connectivity index (χ3v) is 9.70. The van der Waals surface area contributed by atoms with E-state index in [1.807, 2.05) is 4.90 Å². The maximum absolute atomic E-state index is 13.5. The summed E-state index contributed by atoms with van der Waals surface area (Å²) in [5.41, 5.74) is 0.550. The van der Waals surface area contributed by atoms with E-state index in [2.05, 4.69) is 4.72 Å². The second-order valence-corrected chi connectivity index (χ2v) is 12.4. The number of nitrogens with one attached hydrogen (secondary N) is 1. The average Bonchev–Trinajstić information content (AvgIpc) is 3.38. The van der Waals surface area contributed by atoms with Crippen LogP contribution in [0.2, 0.25) is 5.02 Å². The van der Waals surface area contributed by atoms with Crippen LogP contribution >= 0.6 is 11.6 Å². The van der Waals surface area contributed by atoms with Gasteiger partial charge in [-0.25, -0.2) is 25.9 Å². The van der Waals surface area contributed by atoms with E-state index in [4.69, 9.17) is 21.1 Å². The van der Waals surface area contributed by atoms with Crippen molar-refractivity contribution >= 4 is 37.3 Å². The molecular formula is C22H27ClFN3O6S2. The lowest BCUT2D eigenvalue weighted by atomic mass is 10.2. The number of halogens is 2. The SMILES string of the molecule is COc1ccc(S(=O)(=O)NC[C@H]2CCCO2)cc1N1CCN(S(=O)(=O)c2ccc(F)c(Cl)c2)CC1. The van der Waals surface area contributed by atoms with Gasteiger partial charge in [0.05, 0.1) is 33.7 Å². The van der Waals surface area contributed by atoms with Crippen molar-refractivity contribution in [3.8, 4) is 5.75 Å². The average molecular weight is 548 g/mol. The Labute approximate surface area is 209 Å². The Kier molecular flexibility index (Phi) is 7.89. The van der Waals surface area contributed by atoms with E-state index >= 15 is 0 Å². The number of benzene rings is 2. The first-order valence-electron chi connectivity index (χ1n) is 11.1. The molecular weight excluding hydrogens is 521 g/mol. The zero-order valence-electron chi connectivity index (χ0n) is 19.1. The van der Waals surface area contributed by atoms with Gasteiger partial charge in [0.25, 0.3) is 0 Å². The molecule has 2 aliphatic heterocycles. The monoisotopic (exact) mass is 547 g/mol. The van der Waals surface area contributed by atoms with Crippen LogP contribution in [-0.2, 0) is 24.8 Å². The van der Waals surface area contributed by atoms with Gasteiger partial charge >= 0.3 is 0 Å². The van der Waals surface area contributed by atoms with Gasteiger partial charge in [0, 0.05) is 39.3 Å². The van der Waals surface area contributed by atoms with Crippen molar-refractivity contribution in [2.75, 3.05) is 51.3 Å². The summed E-state index contributed by atoms with van der Waals surface area (Å²) in [5, 5.41) is -0.263. The van der Waals surface area contributed by atoms with Crippen molar-refractivity contribution in [2.45, 2.75) is 28.7 Å². The lowest BCUT2D eigenvalue weighted by Gasteiger charge is -2.36. The van der Waals surface area contributed by atoms with Gasteiger partial charge in [-0.2, -0.15) is 4.31 Å². The molecule has 13 heteroatoms. The van der Waals surface area contributed by atoms with Crippen LogP contribution in [-0.4, -0.2) is 73.7 Å². The van der Waals surface area contributed by atoms with Gasteiger partial charge in [-0.1, -0.05) is 11.6 Å². The normalized spacial score (nSPS) is 19.7. The zero-order valence-corrected chi connectivity index (χ0v) is 21.5. The summed E-state index contributed by atoms with van der Waals surface area (Å²) < 4.78 is 80.0. The first-order chi connectivity index (χ1) is 16.6. The van der Waals surface area contributed by atoms with Crippen LogP contribution in [0.5, 0.6) is 5.75 Å². The summed E-state index contributed by atoms with van der Waals surface area (Å²) in [6.07, 6.45) is 1.59. The highest BCUT2D eigenvalue weighted by molar-refractivity contribution is 7.89. The van der Waals surface area contributed by atoms with Crippen molar-refractivity contribution in [1.29, 1.82) is 0 Å². The molecule has 0 unspecified atom stereocenters. The molecule has 0 aromatic heterocycles. The summed E-state index contributed by atoms with van der Waals surface area (Å²) in [4.78, 5) is 1.88. The number of hydrogen-bond acceptors (Lipinski definition) is 7. The number of ether oxygens (including phenoxy) is 2. The molecule has 2 aliphatic rings. The minimum atomic E-state index is -3.86. The maximum Gasteiger partial charge on any atom is 0.243 e. The number of piperazine rings is 1. The Morgan fingerprint density at radius 2 is 1.80 bits per heavy atom. The second kappa shape index (κ2) is 10.6. The molecule has 0 amide bonds. The predicted molar refractivity (Wildman–Crippen MR) is 130 cm³/mol. The Morgan fingerprint density at radius 1 is 1.09 bits per heavy atom. The fourth-order valence-electron chi connectivity index (χ4n) is 4.13. The van der Waals surface area contributed by atoms with Gasteiger partial charge in [-0.15, -0.1) is 0 Å². The molecule has 0 spiro atoms. The molecule has 2 aromatic rings. The molecule has 2 heterocycles. The first kappa shape index (κ1) is 26.1. The zero-order chi connectivity index (χ0) is 25.2. The Bertz CT molecular complexity index is 1280. The molecule has 0 bridgehead atoms. The van der Waals surface area contributed by atoms with Crippen LogP contribution in [0.4, 0.5) is 10.1 Å². The number of rotatable bonds is 8. The third-order valence-electron chi connectivity index (χ3n) is 6.09. The molecule has 0 saturated carbocycles. The minimum absolute atomic E-state index is 0.0830. The Hall–Kier alpha value is -1.96. The van der Waals surface area contributed by atoms with Crippen LogP contribution in [0.1, 0.15) is 12.8 Å². The standard InChI is InChI=1S/C22H27ClFN3O6S2/c1-32-22-7-5-17(34(28,29)25-15-16-3-2-12-33-16)14-21(22)26-8-10-27(11-9-26)35(30,31)18-4-6-20(24)19(23)13-18/h4-7,13-14,16,25H,2-3,8-12,15H2,1H3/t16-/m1/s1. The maximum atomic E-state index is 13.5. The molecule has 2 saturated heterocycles. The highest BCUT2D eigenvalue weighted by atomic mass is 35.5. The van der Waals surface area contributed by atoms with E-state index in [1.54, 1.807) is 6.07 Å². The van der Waals surface area contributed by atoms with E-state index in [-0.39, 0.29) is 40.6 Å². The Morgan fingerprint density at radius 3 is 2.43 bits per heavy atom. The summed E-state index contributed by atoms with van der Waals surface area (Å²) in [5.74, 6) is -0.215. The van der Waals surface area contributed by atoms with Gasteiger partial charge in [0.2, 0.25) is 20.0 Å². The summed E-state index contributed by atoms with van der Waals surface area (Å²) in [6, 6.07) is 7.89. The largest absolute Gasteiger partial charge is 0.495 e. The van der Waals surface area contributed by atoms with Crippen molar-refractivity contribution in [3.05, 3.63) is 47.2 Å². The van der Waals surface area contributed by atoms with Crippen molar-refractivity contribution < 1.29 is 30.7 Å². The fourth-order valence-corrected chi connectivity index (χ4v) is 6.91. The molecule has 0 radical (unpaired) electrons. The number of sulfonamides is 2. The van der Waals surface area contributed by atoms with E-state index in [0.29, 0.717) is 31.1 Å². The first-order valence-corrected chi connectivity index (χ1v) is 14.4. The molecule has 2 fully saturated rings. The lowest BCUT2D eigenvalue weighted by Crippen LogP contribution is -2.48. The van der Waals surface area contributed by atoms with Crippen molar-refractivity contribution in [2.24, 2.45) is 0 Å². The molecule has 192 valence electrons. The molecule has 4 rings (SSSR count). The predicted octanol–water partition coefficient (Wildman–Crippen LogP) is 2.46. The molecule has 1 N–H and O–H groups in total. The van der Waals surface area contributed by atoms with Crippen molar-refractivity contribution in [3.63, 3.8) is 0 Å². The van der Waals surface area contributed by atoms with Crippen LogP contribution in [0.3, 0.4) is 0 Å². The van der Waals surface area contributed by atoms with Crippen LogP contribution < -0.4 is 14.4 Å². The summed E-state index contributed by atoms with van der Waals surface area (Å²) in [6.45, 7) is 1.74. The molecule has 0 aliphatic carbocycles. The van der Waals surface area contributed by atoms with Gasteiger partial charge in [0.15, 0.2) is 0 Å². The minimum Gasteiger partial charge on any atom is -0.495 e. The van der Waals surface area contributed by atoms with Gasteiger partial charge in [-0.3, -0.25) is 0 Å². The van der Waals surface area contributed by atoms with Crippen LogP contribution in [0.15, 0.2) is 46.2 Å². The van der Waals surface area contributed by atoms with E-state index in [9.17, 15) is 21.2 Å². The Balaban J connectivity index is 1.49. The number of hydrogen-bond donors (Lipinski definition) is 1. The summed E-state index contributed by atoms with van der Waals surface area (Å²) in [7, 11) is -6.15. The van der Waals surface area contributed by atoms with Gasteiger partial charge in [0.1, 0.15) is 11.6 Å². The van der Waals surface area contributed by atoms with Crippen molar-refractivity contribution in [1.82, 2.24) is 9.03 Å². The number of methoxy groups -OCH3 is 1. The third kappa shape index (κ3) is 5.73. The highest BCUT2D eigenvalue weighted by Gasteiger charge is 2.30. The second-order valence-electron chi connectivity index (χ2n) is 8.29. The molecule has 1 atom stereocenters. The summed E-state index contributed by atoms with van der Waals surface area (Å²) >= 11 is 5.76. The van der Waals surface area contributed by atoms with E-state index in [1.165, 1.54) is 29.6 Å². The number of nitrogens with zero attached hydrogens (tertiary/aromatic N) is 2. The van der Waals surface area contributed by atoms with Gasteiger partial charge in [-0.05, 0) is 49.2 Å². The molecule has 35 heavy (non-hydrogen) atoms. The lowest BCUT2D eigenvalue weighted by molar-refractivity contribution is 0.114. The van der Waals surface area contributed by atoms with Crippen LogP contribution in [0, 0.1) is 5.82 Å². The van der Waals surface area contributed by atoms with E-state index in [0.717, 1.165) is 25.0 Å². The smallest absolute Gasteiger partial charge is 0.243 e. The molecule has 2 aromatic carbocycles.